The number of aromatic nitrogens is 3. The van der Waals surface area contributed by atoms with E-state index in [1.165, 1.54) is 22.3 Å². The first-order valence-electron chi connectivity index (χ1n) is 9.35. The number of nitrogens with zero attached hydrogens (tertiary/aromatic N) is 3. The normalized spacial score (nSPS) is 18.3. The first kappa shape index (κ1) is 17.0. The third-order valence-electron chi connectivity index (χ3n) is 5.31. The number of fused-ring (bicyclic) bond motifs is 1. The first-order valence-corrected chi connectivity index (χ1v) is 9.72. The van der Waals surface area contributed by atoms with Crippen LogP contribution in [0.3, 0.4) is 0 Å². The molecular weight excluding hydrogens is 368 g/mol. The van der Waals surface area contributed by atoms with E-state index in [0.29, 0.717) is 0 Å². The molecule has 1 aromatic heterocycles. The van der Waals surface area contributed by atoms with Crippen molar-refractivity contribution >= 4 is 17.5 Å². The number of anilines is 1. The van der Waals surface area contributed by atoms with Crippen LogP contribution in [-0.4, -0.2) is 14.8 Å². The molecule has 2 unspecified atom stereocenters. The molecule has 1 aliphatic rings. The minimum atomic E-state index is 0.120. The van der Waals surface area contributed by atoms with Crippen molar-refractivity contribution in [1.29, 1.82) is 0 Å². The smallest absolute Gasteiger partial charge is 0.222 e. The maximum absolute atomic E-state index is 6.07. The molecular formula is C23H19ClN4. The van der Waals surface area contributed by atoms with Gasteiger partial charge in [-0.2, -0.15) is 10.1 Å². The summed E-state index contributed by atoms with van der Waals surface area (Å²) in [4.78, 5) is 4.41. The van der Waals surface area contributed by atoms with Crippen LogP contribution < -0.4 is 5.32 Å². The van der Waals surface area contributed by atoms with Gasteiger partial charge in [0, 0.05) is 5.02 Å². The fourth-order valence-electron chi connectivity index (χ4n) is 3.84. The Bertz CT molecular complexity index is 1070. The molecule has 0 spiro atoms. The molecule has 0 saturated carbocycles. The molecule has 5 rings (SSSR count). The van der Waals surface area contributed by atoms with Gasteiger partial charge >= 0.3 is 0 Å². The summed E-state index contributed by atoms with van der Waals surface area (Å²) in [6.07, 6.45) is 2.49. The van der Waals surface area contributed by atoms with Crippen LogP contribution in [0.1, 0.15) is 29.6 Å². The minimum Gasteiger partial charge on any atom is -0.348 e. The molecule has 0 aliphatic carbocycles. The summed E-state index contributed by atoms with van der Waals surface area (Å²) in [6.45, 7) is 0. The Labute approximate surface area is 168 Å². The van der Waals surface area contributed by atoms with Gasteiger partial charge in [0.25, 0.3) is 0 Å². The predicted molar refractivity (Wildman–Crippen MR) is 112 cm³/mol. The van der Waals surface area contributed by atoms with Crippen LogP contribution >= 0.6 is 11.6 Å². The van der Waals surface area contributed by atoms with E-state index in [2.05, 4.69) is 76.1 Å². The highest BCUT2D eigenvalue weighted by Gasteiger charge is 2.29. The van der Waals surface area contributed by atoms with Crippen LogP contribution in [-0.2, 0) is 0 Å². The molecule has 5 heteroatoms. The minimum absolute atomic E-state index is 0.120. The van der Waals surface area contributed by atoms with Crippen molar-refractivity contribution in [3.8, 4) is 11.1 Å². The van der Waals surface area contributed by atoms with Gasteiger partial charge in [0.1, 0.15) is 6.33 Å². The summed E-state index contributed by atoms with van der Waals surface area (Å²) in [5.41, 5.74) is 4.87. The molecule has 2 atom stereocenters. The number of nitrogens with one attached hydrogen (secondary N) is 1. The number of benzene rings is 3. The van der Waals surface area contributed by atoms with E-state index in [9.17, 15) is 0 Å². The zero-order valence-electron chi connectivity index (χ0n) is 15.2. The van der Waals surface area contributed by atoms with Crippen LogP contribution in [0, 0.1) is 0 Å². The van der Waals surface area contributed by atoms with Gasteiger partial charge in [-0.05, 0) is 40.8 Å². The molecule has 4 nitrogen and oxygen atoms in total. The summed E-state index contributed by atoms with van der Waals surface area (Å²) in [7, 11) is 0. The van der Waals surface area contributed by atoms with Crippen LogP contribution in [0.15, 0.2) is 85.2 Å². The van der Waals surface area contributed by atoms with Crippen molar-refractivity contribution in [1.82, 2.24) is 14.8 Å². The van der Waals surface area contributed by atoms with Crippen molar-refractivity contribution in [2.45, 2.75) is 18.5 Å². The lowest BCUT2D eigenvalue weighted by Gasteiger charge is -2.32. The molecule has 3 aromatic carbocycles. The maximum atomic E-state index is 6.07. The van der Waals surface area contributed by atoms with Gasteiger partial charge in [0.05, 0.1) is 12.1 Å². The Kier molecular flexibility index (Phi) is 4.34. The highest BCUT2D eigenvalue weighted by Crippen LogP contribution is 2.38. The second-order valence-corrected chi connectivity index (χ2v) is 7.45. The number of halogens is 1. The summed E-state index contributed by atoms with van der Waals surface area (Å²) < 4.78 is 1.96. The largest absolute Gasteiger partial charge is 0.348 e. The summed E-state index contributed by atoms with van der Waals surface area (Å²) in [5, 5.41) is 8.70. The molecule has 2 heterocycles. The van der Waals surface area contributed by atoms with Crippen LogP contribution in [0.5, 0.6) is 0 Å². The Morgan fingerprint density at radius 3 is 2.25 bits per heavy atom. The molecule has 0 fully saturated rings. The Morgan fingerprint density at radius 1 is 0.821 bits per heavy atom. The Hall–Kier alpha value is -3.11. The van der Waals surface area contributed by atoms with Gasteiger partial charge < -0.3 is 5.32 Å². The predicted octanol–water partition coefficient (Wildman–Crippen LogP) is 5.74. The van der Waals surface area contributed by atoms with Crippen molar-refractivity contribution < 1.29 is 0 Å². The highest BCUT2D eigenvalue weighted by atomic mass is 35.5. The third kappa shape index (κ3) is 3.16. The molecule has 0 radical (unpaired) electrons. The summed E-state index contributed by atoms with van der Waals surface area (Å²) >= 11 is 6.07. The maximum Gasteiger partial charge on any atom is 0.222 e. The van der Waals surface area contributed by atoms with Crippen molar-refractivity contribution in [2.24, 2.45) is 0 Å². The van der Waals surface area contributed by atoms with Gasteiger partial charge in [-0.15, -0.1) is 0 Å². The van der Waals surface area contributed by atoms with E-state index in [1.807, 2.05) is 22.9 Å². The van der Waals surface area contributed by atoms with E-state index in [-0.39, 0.29) is 12.1 Å². The molecule has 4 aromatic rings. The molecule has 138 valence electrons. The topological polar surface area (TPSA) is 42.7 Å². The lowest BCUT2D eigenvalue weighted by Crippen LogP contribution is -2.28. The Balaban J connectivity index is 1.45. The van der Waals surface area contributed by atoms with Gasteiger partial charge in [-0.3, -0.25) is 0 Å². The summed E-state index contributed by atoms with van der Waals surface area (Å²) in [6, 6.07) is 27.5. The van der Waals surface area contributed by atoms with E-state index in [0.717, 1.165) is 17.4 Å². The van der Waals surface area contributed by atoms with Crippen molar-refractivity contribution in [3.05, 3.63) is 101 Å². The van der Waals surface area contributed by atoms with E-state index in [1.54, 1.807) is 6.33 Å². The zero-order chi connectivity index (χ0) is 18.9. The van der Waals surface area contributed by atoms with Crippen molar-refractivity contribution in [2.75, 3.05) is 5.32 Å². The average Bonchev–Trinajstić information content (AvgIpc) is 3.23. The number of hydrogen-bond acceptors (Lipinski definition) is 3. The van der Waals surface area contributed by atoms with Gasteiger partial charge in [-0.1, -0.05) is 78.3 Å². The lowest BCUT2D eigenvalue weighted by molar-refractivity contribution is 0.431. The van der Waals surface area contributed by atoms with Gasteiger partial charge in [0.2, 0.25) is 5.95 Å². The van der Waals surface area contributed by atoms with Crippen LogP contribution in [0.4, 0.5) is 5.95 Å². The first-order chi connectivity index (χ1) is 13.8. The molecule has 0 saturated heterocycles. The fourth-order valence-corrected chi connectivity index (χ4v) is 3.97. The monoisotopic (exact) mass is 386 g/mol. The number of hydrogen-bond donors (Lipinski definition) is 1. The molecule has 1 aliphatic heterocycles. The average molecular weight is 387 g/mol. The number of rotatable bonds is 3. The molecule has 0 amide bonds. The van der Waals surface area contributed by atoms with E-state index >= 15 is 0 Å². The zero-order valence-corrected chi connectivity index (χ0v) is 15.9. The molecule has 1 N–H and O–H groups in total. The second-order valence-electron chi connectivity index (χ2n) is 7.02. The van der Waals surface area contributed by atoms with Crippen LogP contribution in [0.25, 0.3) is 11.1 Å². The SMILES string of the molecule is Clc1ccc(C2CC(c3ccc(-c4ccccc4)cc3)Nc3ncnn32)cc1. The molecule has 28 heavy (non-hydrogen) atoms. The highest BCUT2D eigenvalue weighted by molar-refractivity contribution is 6.30. The van der Waals surface area contributed by atoms with Gasteiger partial charge in [0.15, 0.2) is 0 Å². The lowest BCUT2D eigenvalue weighted by atomic mass is 9.92. The van der Waals surface area contributed by atoms with E-state index < -0.39 is 0 Å². The third-order valence-corrected chi connectivity index (χ3v) is 5.56. The van der Waals surface area contributed by atoms with Gasteiger partial charge in [-0.25, -0.2) is 4.68 Å². The standard InChI is InChI=1S/C23H19ClN4/c24-20-12-10-19(11-13-20)22-14-21(27-23-25-15-26-28(22)23)18-8-6-17(7-9-18)16-4-2-1-3-5-16/h1-13,15,21-22H,14H2,(H,25,26,27). The summed E-state index contributed by atoms with van der Waals surface area (Å²) in [5.74, 6) is 0.795. The second kappa shape index (κ2) is 7.13. The van der Waals surface area contributed by atoms with E-state index in [4.69, 9.17) is 11.6 Å². The molecule has 0 bridgehead atoms. The quantitative estimate of drug-likeness (QED) is 0.487. The van der Waals surface area contributed by atoms with Crippen LogP contribution in [0.2, 0.25) is 5.02 Å². The van der Waals surface area contributed by atoms with Crippen molar-refractivity contribution in [3.63, 3.8) is 0 Å². The fraction of sp³-hybridized carbons (Fsp3) is 0.130. The Morgan fingerprint density at radius 2 is 1.50 bits per heavy atom.